The van der Waals surface area contributed by atoms with Crippen molar-refractivity contribution in [2.24, 2.45) is 5.41 Å². The molecule has 5 atom stereocenters. The van der Waals surface area contributed by atoms with E-state index in [-0.39, 0.29) is 18.1 Å². The van der Waals surface area contributed by atoms with Gasteiger partial charge in [-0.2, -0.15) is 0 Å². The molecule has 150 valence electrons. The van der Waals surface area contributed by atoms with E-state index in [1.807, 2.05) is 32.0 Å². The summed E-state index contributed by atoms with van der Waals surface area (Å²) in [6.07, 6.45) is -0.830. The van der Waals surface area contributed by atoms with Gasteiger partial charge in [0.05, 0.1) is 26.4 Å². The lowest BCUT2D eigenvalue weighted by atomic mass is 9.69. The number of aliphatic hydroxyl groups excluding tert-OH is 1. The lowest BCUT2D eigenvalue weighted by molar-refractivity contribution is 0.0204. The fourth-order valence-electron chi connectivity index (χ4n) is 4.31. The maximum atomic E-state index is 11.7. The second-order valence-electron chi connectivity index (χ2n) is 7.72. The minimum absolute atomic E-state index is 0.0182. The molecular formula is C20H29NO6. The number of carbonyl (C=O) groups is 1. The molecule has 2 aliphatic heterocycles. The Labute approximate surface area is 159 Å². The summed E-state index contributed by atoms with van der Waals surface area (Å²) in [7, 11) is 1.59. The molecule has 27 heavy (non-hydrogen) atoms. The zero-order valence-electron chi connectivity index (χ0n) is 16.3. The second kappa shape index (κ2) is 7.56. The Morgan fingerprint density at radius 1 is 1.41 bits per heavy atom. The van der Waals surface area contributed by atoms with Crippen LogP contribution >= 0.6 is 0 Å². The number of aliphatic hydroxyl groups is 1. The first-order chi connectivity index (χ1) is 12.8. The summed E-state index contributed by atoms with van der Waals surface area (Å²) >= 11 is 0. The molecular weight excluding hydrogens is 350 g/mol. The van der Waals surface area contributed by atoms with Crippen molar-refractivity contribution in [2.45, 2.75) is 51.4 Å². The van der Waals surface area contributed by atoms with E-state index in [1.54, 1.807) is 14.0 Å². The van der Waals surface area contributed by atoms with E-state index >= 15 is 0 Å². The smallest absolute Gasteiger partial charge is 0.407 e. The van der Waals surface area contributed by atoms with Crippen LogP contribution in [-0.2, 0) is 4.74 Å². The third-order valence-electron chi connectivity index (χ3n) is 6.42. The highest BCUT2D eigenvalue weighted by Crippen LogP contribution is 2.50. The van der Waals surface area contributed by atoms with Crippen molar-refractivity contribution in [3.8, 4) is 11.5 Å². The van der Waals surface area contributed by atoms with Crippen molar-refractivity contribution >= 4 is 6.09 Å². The third-order valence-corrected chi connectivity index (χ3v) is 6.42. The average Bonchev–Trinajstić information content (AvgIpc) is 3.23. The van der Waals surface area contributed by atoms with Gasteiger partial charge in [-0.25, -0.2) is 4.79 Å². The molecule has 0 aromatic heterocycles. The Hall–Kier alpha value is -1.99. The van der Waals surface area contributed by atoms with Gasteiger partial charge >= 0.3 is 6.09 Å². The highest BCUT2D eigenvalue weighted by Gasteiger charge is 2.53. The van der Waals surface area contributed by atoms with Gasteiger partial charge in [-0.05, 0) is 31.5 Å². The molecule has 2 N–H and O–H groups in total. The first kappa shape index (κ1) is 19.8. The number of benzene rings is 1. The summed E-state index contributed by atoms with van der Waals surface area (Å²) in [4.78, 5) is 13.1. The van der Waals surface area contributed by atoms with Crippen molar-refractivity contribution < 1.29 is 29.2 Å². The zero-order valence-corrected chi connectivity index (χ0v) is 16.3. The van der Waals surface area contributed by atoms with Crippen LogP contribution in [0.4, 0.5) is 4.79 Å². The van der Waals surface area contributed by atoms with E-state index in [4.69, 9.17) is 14.2 Å². The van der Waals surface area contributed by atoms with E-state index in [0.717, 1.165) is 12.0 Å². The molecule has 1 aromatic carbocycles. The Balaban J connectivity index is 1.96. The van der Waals surface area contributed by atoms with E-state index in [0.29, 0.717) is 31.3 Å². The molecule has 0 aliphatic carbocycles. The molecule has 2 unspecified atom stereocenters. The second-order valence-corrected chi connectivity index (χ2v) is 7.72. The Morgan fingerprint density at radius 3 is 2.70 bits per heavy atom. The van der Waals surface area contributed by atoms with Crippen LogP contribution in [-0.4, -0.2) is 66.3 Å². The largest absolute Gasteiger partial charge is 0.493 e. The summed E-state index contributed by atoms with van der Waals surface area (Å²) in [6.45, 7) is 7.09. The van der Waals surface area contributed by atoms with Gasteiger partial charge in [-0.3, -0.25) is 0 Å². The third kappa shape index (κ3) is 3.46. The van der Waals surface area contributed by atoms with Crippen LogP contribution < -0.4 is 9.47 Å². The van der Waals surface area contributed by atoms with E-state index in [9.17, 15) is 15.0 Å². The van der Waals surface area contributed by atoms with Crippen molar-refractivity contribution in [1.29, 1.82) is 0 Å². The molecule has 2 aliphatic rings. The topological polar surface area (TPSA) is 88.5 Å². The maximum Gasteiger partial charge on any atom is 0.407 e. The van der Waals surface area contributed by atoms with Gasteiger partial charge in [0.15, 0.2) is 11.5 Å². The monoisotopic (exact) mass is 379 g/mol. The molecule has 7 nitrogen and oxygen atoms in total. The van der Waals surface area contributed by atoms with E-state index in [1.165, 1.54) is 4.90 Å². The van der Waals surface area contributed by atoms with Gasteiger partial charge in [0.1, 0.15) is 6.10 Å². The maximum absolute atomic E-state index is 11.7. The van der Waals surface area contributed by atoms with Gasteiger partial charge < -0.3 is 29.3 Å². The van der Waals surface area contributed by atoms with Crippen molar-refractivity contribution in [1.82, 2.24) is 4.90 Å². The number of hydrogen-bond acceptors (Lipinski definition) is 5. The number of nitrogens with zero attached hydrogens (tertiary/aromatic N) is 1. The predicted octanol–water partition coefficient (Wildman–Crippen LogP) is 2.72. The normalized spacial score (nSPS) is 31.7. The SMILES string of the molecule is COc1ccc(C2CN(C(=O)O)C(C)[C@]2(C)[C@@H](C)O)cc1O[C@@H]1CCOC1. The van der Waals surface area contributed by atoms with E-state index < -0.39 is 17.6 Å². The first-order valence-corrected chi connectivity index (χ1v) is 9.39. The van der Waals surface area contributed by atoms with Gasteiger partial charge in [0, 0.05) is 30.3 Å². The van der Waals surface area contributed by atoms with Crippen LogP contribution in [0.5, 0.6) is 11.5 Å². The number of rotatable bonds is 5. The summed E-state index contributed by atoms with van der Waals surface area (Å²) in [5, 5.41) is 20.1. The van der Waals surface area contributed by atoms with Crippen molar-refractivity contribution in [3.05, 3.63) is 23.8 Å². The first-order valence-electron chi connectivity index (χ1n) is 9.39. The minimum atomic E-state index is -0.968. The number of methoxy groups -OCH3 is 1. The molecule has 1 aromatic rings. The van der Waals surface area contributed by atoms with Gasteiger partial charge in [-0.1, -0.05) is 13.0 Å². The van der Waals surface area contributed by atoms with E-state index in [2.05, 4.69) is 0 Å². The summed E-state index contributed by atoms with van der Waals surface area (Å²) in [6, 6.07) is 5.38. The molecule has 0 saturated carbocycles. The molecule has 2 fully saturated rings. The highest BCUT2D eigenvalue weighted by atomic mass is 16.6. The average molecular weight is 379 g/mol. The van der Waals surface area contributed by atoms with Gasteiger partial charge in [0.2, 0.25) is 0 Å². The van der Waals surface area contributed by atoms with Gasteiger partial charge in [0.25, 0.3) is 0 Å². The van der Waals surface area contributed by atoms with Gasteiger partial charge in [-0.15, -0.1) is 0 Å². The number of carboxylic acid groups (broad SMARTS) is 1. The predicted molar refractivity (Wildman–Crippen MR) is 99.6 cm³/mol. The molecule has 0 spiro atoms. The molecule has 2 saturated heterocycles. The zero-order chi connectivity index (χ0) is 19.8. The summed E-state index contributed by atoms with van der Waals surface area (Å²) in [5.41, 5.74) is 0.324. The van der Waals surface area contributed by atoms with Crippen LogP contribution in [0.25, 0.3) is 0 Å². The Bertz CT molecular complexity index is 687. The van der Waals surface area contributed by atoms with Crippen LogP contribution in [0, 0.1) is 5.41 Å². The minimum Gasteiger partial charge on any atom is -0.493 e. The van der Waals surface area contributed by atoms with Crippen LogP contribution in [0.1, 0.15) is 38.7 Å². The molecule has 0 bridgehead atoms. The van der Waals surface area contributed by atoms with Crippen molar-refractivity contribution in [2.75, 3.05) is 26.9 Å². The van der Waals surface area contributed by atoms with Crippen molar-refractivity contribution in [3.63, 3.8) is 0 Å². The quantitative estimate of drug-likeness (QED) is 0.818. The Kier molecular flexibility index (Phi) is 5.53. The number of ether oxygens (including phenoxy) is 3. The fraction of sp³-hybridized carbons (Fsp3) is 0.650. The number of amides is 1. The fourth-order valence-corrected chi connectivity index (χ4v) is 4.31. The lowest BCUT2D eigenvalue weighted by Gasteiger charge is -2.38. The van der Waals surface area contributed by atoms with Crippen LogP contribution in [0.3, 0.4) is 0 Å². The van der Waals surface area contributed by atoms with Crippen LogP contribution in [0.2, 0.25) is 0 Å². The molecule has 2 heterocycles. The molecule has 7 heteroatoms. The standard InChI is InChI=1S/C20H29NO6/c1-12-20(3,13(2)22)16(10-21(12)19(23)24)14-5-6-17(25-4)18(9-14)27-15-7-8-26-11-15/h5-6,9,12-13,15-16,22H,7-8,10-11H2,1-4H3,(H,23,24)/t12?,13-,15-,16?,20-/m1/s1. The molecule has 0 radical (unpaired) electrons. The highest BCUT2D eigenvalue weighted by molar-refractivity contribution is 5.66. The number of hydrogen-bond donors (Lipinski definition) is 2. The summed E-state index contributed by atoms with van der Waals surface area (Å²) < 4.78 is 16.9. The van der Waals surface area contributed by atoms with Crippen LogP contribution in [0.15, 0.2) is 18.2 Å². The summed E-state index contributed by atoms with van der Waals surface area (Å²) in [5.74, 6) is 1.10. The molecule has 1 amide bonds. The Morgan fingerprint density at radius 2 is 2.15 bits per heavy atom. The molecule has 3 rings (SSSR count). The lowest BCUT2D eigenvalue weighted by Crippen LogP contribution is -2.45. The number of likely N-dealkylation sites (tertiary alicyclic amines) is 1.